The molecule has 6 nitrogen and oxygen atoms in total. The van der Waals surface area contributed by atoms with Gasteiger partial charge < -0.3 is 15.2 Å². The number of esters is 1. The van der Waals surface area contributed by atoms with Crippen LogP contribution in [0.1, 0.15) is 59.0 Å². The first kappa shape index (κ1) is 32.1. The highest BCUT2D eigenvalue weighted by atomic mass is 32.1. The standard InChI is InChI=1S/C27H30N2O3S.C7H5FO/c1-4-31-27(30)20(3)14-19(2)15-23-18-33-26(29-23)25(28)16-21-10-12-24(13-11-21)32-17-22-8-6-5-7-9-22;8-7-3-1-6(5-9)2-4-7/h5-15,18,25H,4,16-17,28H2,1-3H3;1-5H/b19-15+,20-14-;. The lowest BCUT2D eigenvalue weighted by Crippen LogP contribution is -2.13. The molecule has 4 aromatic rings. The lowest BCUT2D eigenvalue weighted by Gasteiger charge is -2.10. The Bertz CT molecular complexity index is 1480. The summed E-state index contributed by atoms with van der Waals surface area (Å²) < 4.78 is 23.0. The Hall–Kier alpha value is -4.40. The summed E-state index contributed by atoms with van der Waals surface area (Å²) in [5.41, 5.74) is 11.5. The van der Waals surface area contributed by atoms with Gasteiger partial charge in [-0.25, -0.2) is 14.2 Å². The smallest absolute Gasteiger partial charge is 0.333 e. The largest absolute Gasteiger partial charge is 0.489 e. The third-order valence-electron chi connectivity index (χ3n) is 5.91. The molecule has 0 aliphatic carbocycles. The molecule has 0 spiro atoms. The van der Waals surface area contributed by atoms with Gasteiger partial charge in [0.2, 0.25) is 0 Å². The van der Waals surface area contributed by atoms with Gasteiger partial charge in [-0.15, -0.1) is 11.3 Å². The zero-order valence-electron chi connectivity index (χ0n) is 24.0. The molecule has 42 heavy (non-hydrogen) atoms. The van der Waals surface area contributed by atoms with E-state index in [1.165, 1.54) is 24.3 Å². The number of rotatable bonds is 11. The summed E-state index contributed by atoms with van der Waals surface area (Å²) in [4.78, 5) is 26.4. The van der Waals surface area contributed by atoms with Gasteiger partial charge in [-0.1, -0.05) is 42.5 Å². The van der Waals surface area contributed by atoms with E-state index in [4.69, 9.17) is 15.2 Å². The SMILES string of the molecule is CCOC(=O)/C(C)=C\C(C)=C\c1csc(C(N)Cc2ccc(OCc3ccccc3)cc2)n1.O=Cc1ccc(F)cc1. The molecular weight excluding hydrogens is 551 g/mol. The number of benzene rings is 3. The van der Waals surface area contributed by atoms with Gasteiger partial charge in [-0.3, -0.25) is 4.79 Å². The van der Waals surface area contributed by atoms with Crippen LogP contribution in [0.4, 0.5) is 4.39 Å². The number of aromatic nitrogens is 1. The first-order chi connectivity index (χ1) is 20.3. The van der Waals surface area contributed by atoms with Crippen molar-refractivity contribution in [1.82, 2.24) is 4.98 Å². The summed E-state index contributed by atoms with van der Waals surface area (Å²) in [6.07, 6.45) is 5.11. The highest BCUT2D eigenvalue weighted by molar-refractivity contribution is 7.09. The van der Waals surface area contributed by atoms with Gasteiger partial charge in [-0.05, 0) is 92.4 Å². The minimum Gasteiger partial charge on any atom is -0.489 e. The van der Waals surface area contributed by atoms with E-state index in [0.29, 0.717) is 37.1 Å². The molecule has 3 aromatic carbocycles. The maximum Gasteiger partial charge on any atom is 0.333 e. The van der Waals surface area contributed by atoms with Crippen LogP contribution in [0.15, 0.2) is 101 Å². The van der Waals surface area contributed by atoms with Crippen molar-refractivity contribution in [1.29, 1.82) is 0 Å². The number of hydrogen-bond donors (Lipinski definition) is 1. The Kier molecular flexibility index (Phi) is 12.8. The van der Waals surface area contributed by atoms with Crippen molar-refractivity contribution in [3.63, 3.8) is 0 Å². The summed E-state index contributed by atoms with van der Waals surface area (Å²) in [6, 6.07) is 23.3. The Morgan fingerprint density at radius 2 is 1.69 bits per heavy atom. The van der Waals surface area contributed by atoms with Crippen molar-refractivity contribution in [2.24, 2.45) is 5.73 Å². The molecule has 4 rings (SSSR count). The molecule has 0 amide bonds. The Morgan fingerprint density at radius 1 is 1.00 bits per heavy atom. The van der Waals surface area contributed by atoms with Crippen molar-refractivity contribution < 1.29 is 23.5 Å². The Morgan fingerprint density at radius 3 is 2.33 bits per heavy atom. The van der Waals surface area contributed by atoms with Crippen molar-refractivity contribution in [2.45, 2.75) is 39.8 Å². The molecule has 2 N–H and O–H groups in total. The molecule has 1 unspecified atom stereocenters. The van der Waals surface area contributed by atoms with Gasteiger partial charge >= 0.3 is 5.97 Å². The number of ether oxygens (including phenoxy) is 2. The van der Waals surface area contributed by atoms with E-state index in [0.717, 1.165) is 33.2 Å². The number of nitrogens with zero attached hydrogens (tertiary/aromatic N) is 1. The van der Waals surface area contributed by atoms with E-state index in [1.54, 1.807) is 31.3 Å². The lowest BCUT2D eigenvalue weighted by atomic mass is 10.1. The van der Waals surface area contributed by atoms with Crippen LogP contribution in [0.2, 0.25) is 0 Å². The van der Waals surface area contributed by atoms with Crippen LogP contribution >= 0.6 is 11.3 Å². The molecule has 0 radical (unpaired) electrons. The molecule has 218 valence electrons. The monoisotopic (exact) mass is 586 g/mol. The van der Waals surface area contributed by atoms with Crippen LogP contribution in [-0.2, 0) is 22.6 Å². The maximum absolute atomic E-state index is 12.1. The van der Waals surface area contributed by atoms with E-state index < -0.39 is 0 Å². The van der Waals surface area contributed by atoms with Crippen molar-refractivity contribution in [2.75, 3.05) is 6.61 Å². The fourth-order valence-electron chi connectivity index (χ4n) is 3.80. The van der Waals surface area contributed by atoms with E-state index in [9.17, 15) is 14.0 Å². The average Bonchev–Trinajstić information content (AvgIpc) is 3.46. The quantitative estimate of drug-likeness (QED) is 0.0846. The second-order valence-electron chi connectivity index (χ2n) is 9.45. The van der Waals surface area contributed by atoms with E-state index in [2.05, 4.69) is 4.98 Å². The zero-order chi connectivity index (χ0) is 30.3. The zero-order valence-corrected chi connectivity index (χ0v) is 24.8. The Balaban J connectivity index is 0.000000458. The minimum atomic E-state index is -0.319. The number of carbonyl (C=O) groups excluding carboxylic acids is 2. The van der Waals surface area contributed by atoms with Crippen molar-refractivity contribution in [3.05, 3.63) is 135 Å². The molecule has 0 bridgehead atoms. The van der Waals surface area contributed by atoms with E-state index >= 15 is 0 Å². The van der Waals surface area contributed by atoms with E-state index in [1.807, 2.05) is 73.0 Å². The molecule has 1 aromatic heterocycles. The lowest BCUT2D eigenvalue weighted by molar-refractivity contribution is -0.138. The predicted octanol–water partition coefficient (Wildman–Crippen LogP) is 7.52. The van der Waals surface area contributed by atoms with Crippen LogP contribution in [0.5, 0.6) is 5.75 Å². The van der Waals surface area contributed by atoms with Crippen LogP contribution in [0, 0.1) is 5.82 Å². The molecule has 8 heteroatoms. The number of carbonyl (C=O) groups is 2. The summed E-state index contributed by atoms with van der Waals surface area (Å²) in [7, 11) is 0. The fourth-order valence-corrected chi connectivity index (χ4v) is 4.58. The highest BCUT2D eigenvalue weighted by Gasteiger charge is 2.12. The van der Waals surface area contributed by atoms with E-state index in [-0.39, 0.29) is 17.8 Å². The number of hydrogen-bond acceptors (Lipinski definition) is 7. The predicted molar refractivity (Wildman–Crippen MR) is 166 cm³/mol. The molecule has 0 fully saturated rings. The second kappa shape index (κ2) is 16.8. The summed E-state index contributed by atoms with van der Waals surface area (Å²) in [5, 5.41) is 2.86. The fraction of sp³-hybridized carbons (Fsp3) is 0.206. The average molecular weight is 587 g/mol. The summed E-state index contributed by atoms with van der Waals surface area (Å²) in [6.45, 7) is 6.38. The molecule has 0 aliphatic rings. The topological polar surface area (TPSA) is 91.5 Å². The van der Waals surface area contributed by atoms with Gasteiger partial charge in [0.1, 0.15) is 29.5 Å². The van der Waals surface area contributed by atoms with Crippen LogP contribution in [0.3, 0.4) is 0 Å². The molecular formula is C34H35FN2O4S. The van der Waals surface area contributed by atoms with Gasteiger partial charge in [-0.2, -0.15) is 0 Å². The first-order valence-corrected chi connectivity index (χ1v) is 14.4. The third-order valence-corrected chi connectivity index (χ3v) is 6.90. The van der Waals surface area contributed by atoms with Crippen LogP contribution in [-0.4, -0.2) is 23.8 Å². The number of aldehydes is 1. The van der Waals surface area contributed by atoms with Gasteiger partial charge in [0.25, 0.3) is 0 Å². The van der Waals surface area contributed by atoms with Crippen LogP contribution in [0.25, 0.3) is 6.08 Å². The Labute approximate surface area is 250 Å². The van der Waals surface area contributed by atoms with Gasteiger partial charge in [0.05, 0.1) is 18.3 Å². The van der Waals surface area contributed by atoms with Crippen molar-refractivity contribution >= 4 is 29.7 Å². The molecule has 0 saturated carbocycles. The normalized spacial score (nSPS) is 12.1. The third kappa shape index (κ3) is 10.9. The number of allylic oxidation sites excluding steroid dienone is 2. The minimum absolute atomic E-state index is 0.189. The van der Waals surface area contributed by atoms with Crippen molar-refractivity contribution in [3.8, 4) is 5.75 Å². The number of nitrogens with two attached hydrogens (primary N) is 1. The summed E-state index contributed by atoms with van der Waals surface area (Å²) in [5.74, 6) is 0.211. The molecule has 1 heterocycles. The van der Waals surface area contributed by atoms with Gasteiger partial charge in [0.15, 0.2) is 0 Å². The first-order valence-electron chi connectivity index (χ1n) is 13.5. The molecule has 0 saturated heterocycles. The number of thiazole rings is 1. The highest BCUT2D eigenvalue weighted by Crippen LogP contribution is 2.23. The molecule has 1 atom stereocenters. The number of halogens is 1. The molecule has 0 aliphatic heterocycles. The summed E-state index contributed by atoms with van der Waals surface area (Å²) >= 11 is 1.54. The van der Waals surface area contributed by atoms with Gasteiger partial charge in [0, 0.05) is 16.5 Å². The second-order valence-corrected chi connectivity index (χ2v) is 10.3. The van der Waals surface area contributed by atoms with Crippen LogP contribution < -0.4 is 10.5 Å². The maximum atomic E-state index is 12.1.